The SMILES string of the molecule is CC(Cl)C(CC(N)=O)C(=O)NOS(=O)[O-]. The molecule has 0 rings (SSSR count). The van der Waals surface area contributed by atoms with Crippen molar-refractivity contribution in [1.29, 1.82) is 0 Å². The zero-order valence-corrected chi connectivity index (χ0v) is 9.34. The van der Waals surface area contributed by atoms with Crippen LogP contribution in [-0.4, -0.2) is 26.0 Å². The van der Waals surface area contributed by atoms with Crippen LogP contribution in [0.1, 0.15) is 13.3 Å². The van der Waals surface area contributed by atoms with Crippen LogP contribution in [0.25, 0.3) is 0 Å². The van der Waals surface area contributed by atoms with Crippen molar-refractivity contribution in [1.82, 2.24) is 5.48 Å². The molecule has 3 atom stereocenters. The van der Waals surface area contributed by atoms with E-state index in [1.807, 2.05) is 0 Å². The molecule has 0 bridgehead atoms. The molecule has 0 aromatic rings. The minimum atomic E-state index is -2.87. The third kappa shape index (κ3) is 6.39. The number of hydrogen-bond donors (Lipinski definition) is 2. The number of nitrogens with one attached hydrogen (secondary N) is 1. The number of nitrogens with two attached hydrogens (primary N) is 1. The third-order valence-electron chi connectivity index (χ3n) is 1.52. The van der Waals surface area contributed by atoms with E-state index < -0.39 is 34.5 Å². The number of hydrogen-bond acceptors (Lipinski definition) is 5. The Kier molecular flexibility index (Phi) is 6.41. The Morgan fingerprint density at radius 1 is 1.67 bits per heavy atom. The average molecular weight is 258 g/mol. The van der Waals surface area contributed by atoms with E-state index in [0.717, 1.165) is 0 Å². The fourth-order valence-corrected chi connectivity index (χ4v) is 1.18. The lowest BCUT2D eigenvalue weighted by Crippen LogP contribution is -2.37. The van der Waals surface area contributed by atoms with Crippen molar-refractivity contribution in [2.75, 3.05) is 0 Å². The van der Waals surface area contributed by atoms with Crippen LogP contribution in [0, 0.1) is 5.92 Å². The standard InChI is InChI=1S/C6H11ClN2O5S/c1-3(7)4(2-5(8)10)6(11)9-14-15(12)13/h3-4H,2H2,1H3,(H2,8,10)(H,9,11)(H,12,13)/p-1. The van der Waals surface area contributed by atoms with Gasteiger partial charge in [0.15, 0.2) is 0 Å². The molecule has 0 aliphatic carbocycles. The van der Waals surface area contributed by atoms with Crippen molar-refractivity contribution < 1.29 is 22.6 Å². The number of rotatable bonds is 6. The summed E-state index contributed by atoms with van der Waals surface area (Å²) in [5.74, 6) is -2.47. The van der Waals surface area contributed by atoms with E-state index in [1.165, 1.54) is 6.92 Å². The predicted octanol–water partition coefficient (Wildman–Crippen LogP) is -1.05. The van der Waals surface area contributed by atoms with Crippen molar-refractivity contribution in [2.45, 2.75) is 18.7 Å². The highest BCUT2D eigenvalue weighted by molar-refractivity contribution is 7.74. The summed E-state index contributed by atoms with van der Waals surface area (Å²) in [6, 6.07) is 0. The molecule has 7 nitrogen and oxygen atoms in total. The highest BCUT2D eigenvalue weighted by Gasteiger charge is 2.25. The number of primary amides is 1. The lowest BCUT2D eigenvalue weighted by molar-refractivity contribution is -0.134. The van der Waals surface area contributed by atoms with Gasteiger partial charge in [0.25, 0.3) is 0 Å². The third-order valence-corrected chi connectivity index (χ3v) is 2.05. The van der Waals surface area contributed by atoms with E-state index in [9.17, 15) is 18.4 Å². The van der Waals surface area contributed by atoms with E-state index in [-0.39, 0.29) is 6.42 Å². The van der Waals surface area contributed by atoms with Gasteiger partial charge in [0, 0.05) is 11.8 Å². The predicted molar refractivity (Wildman–Crippen MR) is 50.8 cm³/mol. The van der Waals surface area contributed by atoms with Crippen LogP contribution in [-0.2, 0) is 25.2 Å². The monoisotopic (exact) mass is 257 g/mol. The van der Waals surface area contributed by atoms with E-state index in [1.54, 1.807) is 5.48 Å². The highest BCUT2D eigenvalue weighted by Crippen LogP contribution is 2.14. The van der Waals surface area contributed by atoms with Crippen LogP contribution in [0.5, 0.6) is 0 Å². The molecule has 0 aliphatic heterocycles. The molecule has 0 saturated carbocycles. The fraction of sp³-hybridized carbons (Fsp3) is 0.667. The molecule has 0 radical (unpaired) electrons. The number of hydroxylamine groups is 1. The molecule has 2 amide bonds. The van der Waals surface area contributed by atoms with E-state index in [4.69, 9.17) is 17.3 Å². The molecule has 0 spiro atoms. The molecular formula is C6H10ClN2O5S-. The van der Waals surface area contributed by atoms with E-state index in [0.29, 0.717) is 0 Å². The van der Waals surface area contributed by atoms with Crippen LogP contribution >= 0.6 is 11.6 Å². The second kappa shape index (κ2) is 6.72. The minimum absolute atomic E-state index is 0.286. The molecule has 15 heavy (non-hydrogen) atoms. The Labute approximate surface area is 93.7 Å². The van der Waals surface area contributed by atoms with Gasteiger partial charge < -0.3 is 10.3 Å². The summed E-state index contributed by atoms with van der Waals surface area (Å²) in [6.45, 7) is 1.48. The first-order valence-corrected chi connectivity index (χ1v) is 5.27. The van der Waals surface area contributed by atoms with Crippen LogP contribution in [0.15, 0.2) is 0 Å². The molecule has 0 saturated heterocycles. The van der Waals surface area contributed by atoms with Gasteiger partial charge in [-0.15, -0.1) is 11.6 Å². The quantitative estimate of drug-likeness (QED) is 0.357. The lowest BCUT2D eigenvalue weighted by atomic mass is 10.0. The maximum Gasteiger partial charge on any atom is 0.249 e. The number of carbonyl (C=O) groups is 2. The van der Waals surface area contributed by atoms with Crippen molar-refractivity contribution in [3.05, 3.63) is 0 Å². The number of amides is 2. The summed E-state index contributed by atoms with van der Waals surface area (Å²) in [5.41, 5.74) is 6.51. The first kappa shape index (κ1) is 14.3. The van der Waals surface area contributed by atoms with Gasteiger partial charge in [0.1, 0.15) is 11.4 Å². The van der Waals surface area contributed by atoms with Gasteiger partial charge in [0.05, 0.1) is 5.92 Å². The second-order valence-corrected chi connectivity index (χ2v) is 3.97. The van der Waals surface area contributed by atoms with Gasteiger partial charge in [-0.1, -0.05) is 0 Å². The van der Waals surface area contributed by atoms with Crippen LogP contribution in [0.3, 0.4) is 0 Å². The second-order valence-electron chi connectivity index (χ2n) is 2.71. The molecule has 0 aromatic heterocycles. The molecule has 0 aliphatic rings. The summed E-state index contributed by atoms with van der Waals surface area (Å²) in [5, 5.41) is -0.679. The maximum absolute atomic E-state index is 11.2. The van der Waals surface area contributed by atoms with Crippen molar-refractivity contribution in [2.24, 2.45) is 11.7 Å². The van der Waals surface area contributed by atoms with Gasteiger partial charge >= 0.3 is 0 Å². The Morgan fingerprint density at radius 3 is 2.53 bits per heavy atom. The molecule has 3 unspecified atom stereocenters. The molecule has 88 valence electrons. The smallest absolute Gasteiger partial charge is 0.249 e. The molecule has 0 fully saturated rings. The molecular weight excluding hydrogens is 248 g/mol. The highest BCUT2D eigenvalue weighted by atomic mass is 35.5. The lowest BCUT2D eigenvalue weighted by Gasteiger charge is -2.17. The number of carbonyl (C=O) groups excluding carboxylic acids is 2. The zero-order valence-electron chi connectivity index (χ0n) is 7.77. The van der Waals surface area contributed by atoms with E-state index >= 15 is 0 Å². The maximum atomic E-state index is 11.2. The van der Waals surface area contributed by atoms with Crippen molar-refractivity contribution >= 4 is 34.8 Å². The van der Waals surface area contributed by atoms with Gasteiger partial charge in [-0.25, -0.2) is 9.69 Å². The van der Waals surface area contributed by atoms with Crippen molar-refractivity contribution in [3.63, 3.8) is 0 Å². The Balaban J connectivity index is 4.29. The number of alkyl halides is 1. The summed E-state index contributed by atoms with van der Waals surface area (Å²) in [7, 11) is 0. The van der Waals surface area contributed by atoms with Gasteiger partial charge in [0.2, 0.25) is 11.8 Å². The zero-order chi connectivity index (χ0) is 12.0. The van der Waals surface area contributed by atoms with Crippen molar-refractivity contribution in [3.8, 4) is 0 Å². The first-order valence-electron chi connectivity index (χ1n) is 3.83. The number of halogens is 1. The van der Waals surface area contributed by atoms with Gasteiger partial charge in [-0.2, -0.15) is 4.28 Å². The summed E-state index contributed by atoms with van der Waals surface area (Å²) < 4.78 is 23.7. The van der Waals surface area contributed by atoms with Gasteiger partial charge in [-0.3, -0.25) is 9.59 Å². The van der Waals surface area contributed by atoms with Crippen LogP contribution in [0.2, 0.25) is 0 Å². The molecule has 9 heteroatoms. The summed E-state index contributed by atoms with van der Waals surface area (Å²) >= 11 is 2.75. The molecule has 0 aromatic carbocycles. The van der Waals surface area contributed by atoms with Gasteiger partial charge in [-0.05, 0) is 6.92 Å². The Hall–Kier alpha value is -0.700. The van der Waals surface area contributed by atoms with Crippen LogP contribution in [0.4, 0.5) is 0 Å². The fourth-order valence-electron chi connectivity index (χ4n) is 0.831. The Morgan fingerprint density at radius 2 is 2.20 bits per heavy atom. The molecule has 3 N–H and O–H groups in total. The topological polar surface area (TPSA) is 122 Å². The summed E-state index contributed by atoms with van der Waals surface area (Å²) in [6.07, 6.45) is -0.286. The Bertz CT molecular complexity index is 272. The van der Waals surface area contributed by atoms with E-state index in [2.05, 4.69) is 4.28 Å². The molecule has 0 heterocycles. The average Bonchev–Trinajstić information content (AvgIpc) is 2.09. The minimum Gasteiger partial charge on any atom is -0.748 e. The largest absolute Gasteiger partial charge is 0.748 e. The first-order chi connectivity index (χ1) is 6.84. The normalized spacial score (nSPS) is 16.5. The van der Waals surface area contributed by atoms with Crippen LogP contribution < -0.4 is 11.2 Å². The summed E-state index contributed by atoms with van der Waals surface area (Å²) in [4.78, 5) is 21.8.